The Morgan fingerprint density at radius 1 is 0.829 bits per heavy atom. The van der Waals surface area contributed by atoms with Gasteiger partial charge < -0.3 is 9.64 Å². The fraction of sp³-hybridized carbons (Fsp3) is 0.387. The zero-order chi connectivity index (χ0) is 23.4. The number of carbonyl (C=O) groups excluding carboxylic acids is 1. The van der Waals surface area contributed by atoms with E-state index in [1.165, 1.54) is 11.3 Å². The fourth-order valence-electron chi connectivity index (χ4n) is 5.49. The molecule has 4 nitrogen and oxygen atoms in total. The lowest BCUT2D eigenvalue weighted by Gasteiger charge is -2.36. The lowest BCUT2D eigenvalue weighted by atomic mass is 9.72. The molecule has 0 bridgehead atoms. The number of hydrogen-bond donors (Lipinski definition) is 0. The molecule has 0 spiro atoms. The molecule has 2 heterocycles. The molecule has 0 aliphatic carbocycles. The molecule has 2 aliphatic rings. The number of carbonyl (C=O) groups is 1. The Hall–Kier alpha value is -3.11. The van der Waals surface area contributed by atoms with Crippen molar-refractivity contribution in [2.75, 3.05) is 37.6 Å². The van der Waals surface area contributed by atoms with Crippen molar-refractivity contribution in [3.05, 3.63) is 102 Å². The first kappa shape index (κ1) is 25.0. The van der Waals surface area contributed by atoms with E-state index in [0.717, 1.165) is 56.7 Å². The van der Waals surface area contributed by atoms with Crippen LogP contribution >= 0.6 is 0 Å². The van der Waals surface area contributed by atoms with Crippen molar-refractivity contribution in [3.63, 3.8) is 0 Å². The Kier molecular flexibility index (Phi) is 7.92. The number of cyclic esters (lactones) is 1. The van der Waals surface area contributed by atoms with E-state index in [1.807, 2.05) is 36.4 Å². The van der Waals surface area contributed by atoms with Crippen molar-refractivity contribution in [1.82, 2.24) is 4.90 Å². The summed E-state index contributed by atoms with van der Waals surface area (Å²) in [5.74, 6) is -0.110. The monoisotopic (exact) mass is 470 g/mol. The van der Waals surface area contributed by atoms with Crippen LogP contribution in [0.5, 0.6) is 0 Å². The molecule has 3 aromatic rings. The van der Waals surface area contributed by atoms with Crippen molar-refractivity contribution in [2.45, 2.75) is 45.1 Å². The van der Waals surface area contributed by atoms with E-state index in [2.05, 4.69) is 65.3 Å². The minimum Gasteiger partial charge on any atom is -0.461 e. The highest BCUT2D eigenvalue weighted by molar-refractivity contribution is 5.89. The minimum absolute atomic E-state index is 0. The minimum atomic E-state index is -0.702. The first-order valence-electron chi connectivity index (χ1n) is 12.5. The lowest BCUT2D eigenvalue weighted by Crippen LogP contribution is -2.46. The van der Waals surface area contributed by atoms with E-state index in [0.29, 0.717) is 6.42 Å². The van der Waals surface area contributed by atoms with E-state index in [9.17, 15) is 4.79 Å². The summed E-state index contributed by atoms with van der Waals surface area (Å²) in [5.41, 5.74) is 3.98. The van der Waals surface area contributed by atoms with Crippen LogP contribution in [0.25, 0.3) is 0 Å². The van der Waals surface area contributed by atoms with Gasteiger partial charge in [0.2, 0.25) is 0 Å². The highest BCUT2D eigenvalue weighted by atomic mass is 16.6. The molecule has 0 aromatic heterocycles. The largest absolute Gasteiger partial charge is 0.461 e. The van der Waals surface area contributed by atoms with Gasteiger partial charge in [0.25, 0.3) is 0 Å². The van der Waals surface area contributed by atoms with Crippen molar-refractivity contribution in [1.29, 1.82) is 0 Å². The van der Waals surface area contributed by atoms with E-state index in [1.54, 1.807) is 0 Å². The number of hydrogen-bond acceptors (Lipinski definition) is 4. The Morgan fingerprint density at radius 2 is 1.40 bits per heavy atom. The molecule has 0 radical (unpaired) electrons. The molecule has 0 amide bonds. The van der Waals surface area contributed by atoms with Gasteiger partial charge in [0.1, 0.15) is 11.5 Å². The fourth-order valence-corrected chi connectivity index (χ4v) is 5.49. The molecule has 5 rings (SSSR count). The third-order valence-electron chi connectivity index (χ3n) is 7.46. The Morgan fingerprint density at radius 3 is 1.97 bits per heavy atom. The molecule has 1 unspecified atom stereocenters. The zero-order valence-electron chi connectivity index (χ0n) is 20.0. The second-order valence-electron chi connectivity index (χ2n) is 9.68. The van der Waals surface area contributed by atoms with E-state index >= 15 is 0 Å². The van der Waals surface area contributed by atoms with Crippen LogP contribution in [-0.4, -0.2) is 49.7 Å². The normalized spacial score (nSPS) is 19.7. The van der Waals surface area contributed by atoms with Gasteiger partial charge in [0.05, 0.1) is 0 Å². The average Bonchev–Trinajstić information content (AvgIpc) is 3.23. The molecule has 1 atom stereocenters. The number of aryl methyl sites for hydroxylation is 1. The van der Waals surface area contributed by atoms with E-state index in [4.69, 9.17) is 4.74 Å². The molecular weight excluding hydrogens is 432 g/mol. The smallest absolute Gasteiger partial charge is 0.321 e. The SMILES string of the molecule is C.Cc1ccc(N2CCN(CCCC3CC(c4ccccc4)(c4ccccc4)C(=O)O3)CC2)cc1. The van der Waals surface area contributed by atoms with Gasteiger partial charge in [0.15, 0.2) is 0 Å². The van der Waals surface area contributed by atoms with Crippen LogP contribution in [0, 0.1) is 6.92 Å². The van der Waals surface area contributed by atoms with Gasteiger partial charge in [-0.1, -0.05) is 85.8 Å². The molecule has 3 aromatic carbocycles. The van der Waals surface area contributed by atoms with Crippen LogP contribution in [0.4, 0.5) is 5.69 Å². The van der Waals surface area contributed by atoms with Crippen molar-refractivity contribution in [2.24, 2.45) is 0 Å². The Balaban J connectivity index is 0.00000289. The van der Waals surface area contributed by atoms with Crippen molar-refractivity contribution in [3.8, 4) is 0 Å². The predicted octanol–water partition coefficient (Wildman–Crippen LogP) is 5.84. The average molecular weight is 471 g/mol. The maximum Gasteiger partial charge on any atom is 0.321 e. The van der Waals surface area contributed by atoms with Crippen LogP contribution in [0.15, 0.2) is 84.9 Å². The van der Waals surface area contributed by atoms with Crippen molar-refractivity contribution < 1.29 is 9.53 Å². The third kappa shape index (κ3) is 5.28. The van der Waals surface area contributed by atoms with Crippen LogP contribution in [0.1, 0.15) is 43.4 Å². The summed E-state index contributed by atoms with van der Waals surface area (Å²) in [4.78, 5) is 18.3. The number of rotatable bonds is 7. The maximum absolute atomic E-state index is 13.3. The zero-order valence-corrected chi connectivity index (χ0v) is 20.0. The molecule has 184 valence electrons. The van der Waals surface area contributed by atoms with Gasteiger partial charge in [-0.25, -0.2) is 0 Å². The summed E-state index contributed by atoms with van der Waals surface area (Å²) in [6, 6.07) is 29.1. The van der Waals surface area contributed by atoms with Crippen LogP contribution in [0.3, 0.4) is 0 Å². The van der Waals surface area contributed by atoms with Gasteiger partial charge in [-0.15, -0.1) is 0 Å². The second-order valence-corrected chi connectivity index (χ2v) is 9.68. The standard InChI is InChI=1S/C30H34N2O2.CH4/c1-24-14-16-27(17-15-24)32-21-19-31(20-22-32)18-8-13-28-23-30(29(33)34-28,25-9-4-2-5-10-25)26-11-6-3-7-12-26;/h2-7,9-12,14-17,28H,8,13,18-23H2,1H3;1H4. The molecule has 35 heavy (non-hydrogen) atoms. The number of nitrogens with zero attached hydrogens (tertiary/aromatic N) is 2. The number of esters is 1. The van der Waals surface area contributed by atoms with Gasteiger partial charge in [-0.3, -0.25) is 9.69 Å². The van der Waals surface area contributed by atoms with Crippen LogP contribution in [0.2, 0.25) is 0 Å². The highest BCUT2D eigenvalue weighted by Crippen LogP contribution is 2.44. The molecule has 4 heteroatoms. The molecule has 2 saturated heterocycles. The summed E-state index contributed by atoms with van der Waals surface area (Å²) in [6.45, 7) is 7.47. The summed E-state index contributed by atoms with van der Waals surface area (Å²) >= 11 is 0. The summed E-state index contributed by atoms with van der Waals surface area (Å²) in [7, 11) is 0. The molecule has 2 fully saturated rings. The maximum atomic E-state index is 13.3. The summed E-state index contributed by atoms with van der Waals surface area (Å²) < 4.78 is 5.99. The van der Waals surface area contributed by atoms with Crippen LogP contribution in [-0.2, 0) is 14.9 Å². The van der Waals surface area contributed by atoms with Gasteiger partial charge in [-0.05, 0) is 49.6 Å². The van der Waals surface area contributed by atoms with Gasteiger partial charge >= 0.3 is 5.97 Å². The number of benzene rings is 3. The number of piperazine rings is 1. The molecule has 2 aliphatic heterocycles. The number of ether oxygens (including phenoxy) is 1. The quantitative estimate of drug-likeness (QED) is 0.407. The molecule has 0 saturated carbocycles. The van der Waals surface area contributed by atoms with E-state index in [-0.39, 0.29) is 19.5 Å². The number of anilines is 1. The van der Waals surface area contributed by atoms with E-state index < -0.39 is 5.41 Å². The highest BCUT2D eigenvalue weighted by Gasteiger charge is 2.51. The Labute approximate surface area is 210 Å². The Bertz CT molecular complexity index is 1030. The second kappa shape index (κ2) is 11.1. The third-order valence-corrected chi connectivity index (χ3v) is 7.46. The van der Waals surface area contributed by atoms with Crippen molar-refractivity contribution >= 4 is 11.7 Å². The topological polar surface area (TPSA) is 32.8 Å². The molecular formula is C31H38N2O2. The van der Waals surface area contributed by atoms with Gasteiger partial charge in [-0.2, -0.15) is 0 Å². The lowest BCUT2D eigenvalue weighted by molar-refractivity contribution is -0.144. The summed E-state index contributed by atoms with van der Waals surface area (Å²) in [5, 5.41) is 0. The van der Waals surface area contributed by atoms with Gasteiger partial charge in [0, 0.05) is 38.3 Å². The predicted molar refractivity (Wildman–Crippen MR) is 144 cm³/mol. The first-order valence-corrected chi connectivity index (χ1v) is 12.5. The van der Waals surface area contributed by atoms with Crippen LogP contribution < -0.4 is 4.90 Å². The summed E-state index contributed by atoms with van der Waals surface area (Å²) in [6.07, 6.45) is 2.62. The first-order chi connectivity index (χ1) is 16.6. The molecule has 0 N–H and O–H groups in total.